The Labute approximate surface area is 142 Å². The van der Waals surface area contributed by atoms with E-state index in [-0.39, 0.29) is 12.1 Å². The van der Waals surface area contributed by atoms with E-state index in [9.17, 15) is 0 Å². The molecule has 0 unspecified atom stereocenters. The first-order valence-corrected chi connectivity index (χ1v) is 8.84. The molecule has 1 aliphatic heterocycles. The molecule has 2 aromatic rings. The van der Waals surface area contributed by atoms with Crippen LogP contribution in [0.25, 0.3) is 0 Å². The minimum atomic E-state index is 0.0895. The molecule has 1 fully saturated rings. The minimum absolute atomic E-state index is 0.0895. The maximum absolute atomic E-state index is 5.56. The van der Waals surface area contributed by atoms with Crippen LogP contribution in [0.4, 0.5) is 0 Å². The van der Waals surface area contributed by atoms with Gasteiger partial charge in [-0.2, -0.15) is 0 Å². The van der Waals surface area contributed by atoms with Crippen molar-refractivity contribution in [3.8, 4) is 0 Å². The van der Waals surface area contributed by atoms with Crippen LogP contribution in [-0.2, 0) is 0 Å². The Bertz CT molecular complexity index is 641. The molecule has 1 saturated heterocycles. The summed E-state index contributed by atoms with van der Waals surface area (Å²) in [5, 5.41) is 4.25. The zero-order valence-corrected chi connectivity index (χ0v) is 15.0. The third-order valence-corrected chi connectivity index (χ3v) is 5.60. The Morgan fingerprint density at radius 2 is 2.14 bits per heavy atom. The van der Waals surface area contributed by atoms with E-state index in [1.807, 2.05) is 18.3 Å². The molecule has 2 atom stereocenters. The summed E-state index contributed by atoms with van der Waals surface area (Å²) in [6, 6.07) is 10.9. The summed E-state index contributed by atoms with van der Waals surface area (Å²) in [5.41, 5.74) is 1.03. The van der Waals surface area contributed by atoms with Gasteiger partial charge in [0.05, 0.1) is 21.6 Å². The average molecular weight is 382 g/mol. The first kappa shape index (κ1) is 14.9. The van der Waals surface area contributed by atoms with Crippen LogP contribution in [-0.4, -0.2) is 21.0 Å². The molecule has 3 rings (SSSR count). The van der Waals surface area contributed by atoms with E-state index < -0.39 is 0 Å². The second-order valence-electron chi connectivity index (χ2n) is 5.27. The summed E-state index contributed by atoms with van der Waals surface area (Å²) in [7, 11) is 0. The Balaban J connectivity index is 2.05. The SMILES string of the molecule is CC(C)N1C(=S)N[C@@H](c2ccccn2)[C@H]1c1ccc(Br)s1. The molecule has 0 aliphatic carbocycles. The maximum Gasteiger partial charge on any atom is 0.170 e. The summed E-state index contributed by atoms with van der Waals surface area (Å²) >= 11 is 10.9. The third-order valence-electron chi connectivity index (χ3n) is 3.58. The molecular weight excluding hydrogens is 366 g/mol. The number of halogens is 1. The largest absolute Gasteiger partial charge is 0.352 e. The molecule has 1 aliphatic rings. The lowest BCUT2D eigenvalue weighted by atomic mass is 10.0. The number of nitrogens with zero attached hydrogens (tertiary/aromatic N) is 2. The lowest BCUT2D eigenvalue weighted by molar-refractivity contribution is 0.273. The molecular formula is C15H16BrN3S2. The predicted octanol–water partition coefficient (Wildman–Crippen LogP) is 4.29. The lowest BCUT2D eigenvalue weighted by Gasteiger charge is -2.30. The molecule has 0 bridgehead atoms. The molecule has 3 heterocycles. The van der Waals surface area contributed by atoms with Crippen molar-refractivity contribution in [3.05, 3.63) is 50.9 Å². The number of nitrogens with one attached hydrogen (secondary N) is 1. The first-order chi connectivity index (χ1) is 10.1. The zero-order chi connectivity index (χ0) is 15.0. The minimum Gasteiger partial charge on any atom is -0.352 e. The lowest BCUT2D eigenvalue weighted by Crippen LogP contribution is -2.35. The van der Waals surface area contributed by atoms with Gasteiger partial charge in [0, 0.05) is 17.1 Å². The molecule has 0 saturated carbocycles. The molecule has 6 heteroatoms. The summed E-state index contributed by atoms with van der Waals surface area (Å²) < 4.78 is 1.14. The highest BCUT2D eigenvalue weighted by Gasteiger charge is 2.41. The fraction of sp³-hybridized carbons (Fsp3) is 0.333. The van der Waals surface area contributed by atoms with Gasteiger partial charge in [0.2, 0.25) is 0 Å². The van der Waals surface area contributed by atoms with Crippen molar-refractivity contribution < 1.29 is 0 Å². The monoisotopic (exact) mass is 381 g/mol. The van der Waals surface area contributed by atoms with Gasteiger partial charge in [-0.1, -0.05) is 6.07 Å². The molecule has 0 amide bonds. The van der Waals surface area contributed by atoms with Gasteiger partial charge in [-0.25, -0.2) is 0 Å². The highest BCUT2D eigenvalue weighted by atomic mass is 79.9. The van der Waals surface area contributed by atoms with Crippen molar-refractivity contribution in [2.75, 3.05) is 0 Å². The summed E-state index contributed by atoms with van der Waals surface area (Å²) in [6.07, 6.45) is 1.83. The fourth-order valence-electron chi connectivity index (χ4n) is 2.71. The van der Waals surface area contributed by atoms with Crippen molar-refractivity contribution in [3.63, 3.8) is 0 Å². The Morgan fingerprint density at radius 1 is 1.33 bits per heavy atom. The highest BCUT2D eigenvalue weighted by molar-refractivity contribution is 9.11. The van der Waals surface area contributed by atoms with Gasteiger partial charge in [-0.05, 0) is 66.3 Å². The Morgan fingerprint density at radius 3 is 2.71 bits per heavy atom. The van der Waals surface area contributed by atoms with Gasteiger partial charge in [0.1, 0.15) is 0 Å². The number of hydrogen-bond donors (Lipinski definition) is 1. The van der Waals surface area contributed by atoms with Gasteiger partial charge < -0.3 is 10.2 Å². The van der Waals surface area contributed by atoms with Crippen molar-refractivity contribution in [2.45, 2.75) is 32.0 Å². The molecule has 110 valence electrons. The average Bonchev–Trinajstić information content (AvgIpc) is 3.03. The molecule has 21 heavy (non-hydrogen) atoms. The first-order valence-electron chi connectivity index (χ1n) is 6.83. The van der Waals surface area contributed by atoms with Crippen LogP contribution >= 0.6 is 39.5 Å². The van der Waals surface area contributed by atoms with Crippen molar-refractivity contribution >= 4 is 44.6 Å². The second-order valence-corrected chi connectivity index (χ2v) is 8.15. The number of pyridine rings is 1. The van der Waals surface area contributed by atoms with Gasteiger partial charge in [-0.15, -0.1) is 11.3 Å². The second kappa shape index (κ2) is 6.02. The molecule has 2 aromatic heterocycles. The van der Waals surface area contributed by atoms with Crippen LogP contribution in [0.15, 0.2) is 40.3 Å². The van der Waals surface area contributed by atoms with E-state index in [1.165, 1.54) is 4.88 Å². The normalized spacial score (nSPS) is 21.9. The van der Waals surface area contributed by atoms with E-state index in [4.69, 9.17) is 12.2 Å². The maximum atomic E-state index is 5.56. The quantitative estimate of drug-likeness (QED) is 0.802. The molecule has 0 aromatic carbocycles. The van der Waals surface area contributed by atoms with E-state index >= 15 is 0 Å². The summed E-state index contributed by atoms with van der Waals surface area (Å²) in [4.78, 5) is 8.08. The molecule has 0 radical (unpaired) electrons. The van der Waals surface area contributed by atoms with Gasteiger partial charge in [0.15, 0.2) is 5.11 Å². The van der Waals surface area contributed by atoms with Crippen LogP contribution in [0, 0.1) is 0 Å². The number of hydrogen-bond acceptors (Lipinski definition) is 3. The van der Waals surface area contributed by atoms with Crippen molar-refractivity contribution in [1.82, 2.24) is 15.2 Å². The van der Waals surface area contributed by atoms with Crippen LogP contribution in [0.1, 0.15) is 36.5 Å². The highest BCUT2D eigenvalue weighted by Crippen LogP contribution is 2.42. The third kappa shape index (κ3) is 2.84. The molecule has 1 N–H and O–H groups in total. The van der Waals surface area contributed by atoms with Crippen LogP contribution in [0.3, 0.4) is 0 Å². The summed E-state index contributed by atoms with van der Waals surface area (Å²) in [6.45, 7) is 4.34. The fourth-order valence-corrected chi connectivity index (χ4v) is 4.73. The van der Waals surface area contributed by atoms with Gasteiger partial charge in [-0.3, -0.25) is 4.98 Å². The molecule has 0 spiro atoms. The smallest absolute Gasteiger partial charge is 0.170 e. The Kier molecular flexibility index (Phi) is 4.28. The van der Waals surface area contributed by atoms with Crippen LogP contribution < -0.4 is 5.32 Å². The Hall–Kier alpha value is -0.980. The van der Waals surface area contributed by atoms with E-state index in [0.717, 1.165) is 14.6 Å². The zero-order valence-electron chi connectivity index (χ0n) is 11.8. The van der Waals surface area contributed by atoms with E-state index in [2.05, 4.69) is 63.2 Å². The predicted molar refractivity (Wildman–Crippen MR) is 94.4 cm³/mol. The van der Waals surface area contributed by atoms with E-state index in [1.54, 1.807) is 11.3 Å². The van der Waals surface area contributed by atoms with Gasteiger partial charge in [0.25, 0.3) is 0 Å². The number of thiocarbonyl (C=S) groups is 1. The number of rotatable bonds is 3. The summed E-state index contributed by atoms with van der Waals surface area (Å²) in [5.74, 6) is 0. The topological polar surface area (TPSA) is 28.2 Å². The van der Waals surface area contributed by atoms with Crippen molar-refractivity contribution in [1.29, 1.82) is 0 Å². The number of aromatic nitrogens is 1. The van der Waals surface area contributed by atoms with Crippen LogP contribution in [0.5, 0.6) is 0 Å². The van der Waals surface area contributed by atoms with E-state index in [0.29, 0.717) is 6.04 Å². The standard InChI is InChI=1S/C15H16BrN3S2/c1-9(2)19-14(11-6-7-12(16)21-11)13(18-15(19)20)10-5-3-4-8-17-10/h3-9,13-14H,1-2H3,(H,18,20)/t13-,14+/m0/s1. The van der Waals surface area contributed by atoms with Crippen LogP contribution in [0.2, 0.25) is 0 Å². The van der Waals surface area contributed by atoms with Crippen molar-refractivity contribution in [2.24, 2.45) is 0 Å². The van der Waals surface area contributed by atoms with Gasteiger partial charge >= 0.3 is 0 Å². The number of thiophene rings is 1. The molecule has 3 nitrogen and oxygen atoms in total.